The van der Waals surface area contributed by atoms with E-state index in [1.54, 1.807) is 0 Å². The van der Waals surface area contributed by atoms with E-state index in [-0.39, 0.29) is 6.10 Å². The van der Waals surface area contributed by atoms with Crippen LogP contribution in [0.2, 0.25) is 0 Å². The second-order valence-electron chi connectivity index (χ2n) is 12.6. The molecular weight excluding hydrogens is 344 g/mol. The lowest BCUT2D eigenvalue weighted by Gasteiger charge is -2.61. The summed E-state index contributed by atoms with van der Waals surface area (Å²) >= 11 is 0. The minimum Gasteiger partial charge on any atom is -0.393 e. The van der Waals surface area contributed by atoms with Crippen molar-refractivity contribution < 1.29 is 10.2 Å². The highest BCUT2D eigenvalue weighted by atomic mass is 16.3. The predicted octanol–water partition coefficient (Wildman–Crippen LogP) is 6.19. The number of aliphatic hydroxyl groups is 2. The Hall–Kier alpha value is -0.0800. The molecular formula is C26H46O2. The Morgan fingerprint density at radius 3 is 2.32 bits per heavy atom. The summed E-state index contributed by atoms with van der Waals surface area (Å²) in [6.07, 6.45) is 13.9. The van der Waals surface area contributed by atoms with Gasteiger partial charge in [0.15, 0.2) is 0 Å². The Morgan fingerprint density at radius 2 is 1.61 bits per heavy atom. The molecule has 0 saturated heterocycles. The van der Waals surface area contributed by atoms with Gasteiger partial charge in [-0.3, -0.25) is 0 Å². The van der Waals surface area contributed by atoms with Gasteiger partial charge in [0.05, 0.1) is 11.7 Å². The van der Waals surface area contributed by atoms with Crippen molar-refractivity contribution in [1.82, 2.24) is 0 Å². The molecule has 0 spiro atoms. The Kier molecular flexibility index (Phi) is 5.49. The maximum absolute atomic E-state index is 10.2. The number of fused-ring (bicyclic) bond motifs is 5. The summed E-state index contributed by atoms with van der Waals surface area (Å²) in [7, 11) is 0. The van der Waals surface area contributed by atoms with Crippen LogP contribution in [-0.2, 0) is 0 Å². The minimum absolute atomic E-state index is 0.0315. The number of hydrogen-bond acceptors (Lipinski definition) is 2. The Balaban J connectivity index is 1.49. The van der Waals surface area contributed by atoms with Crippen LogP contribution in [0.25, 0.3) is 0 Å². The molecule has 0 heterocycles. The molecule has 0 amide bonds. The zero-order valence-corrected chi connectivity index (χ0v) is 19.2. The minimum atomic E-state index is -0.524. The van der Waals surface area contributed by atoms with Crippen LogP contribution in [0.4, 0.5) is 0 Å². The van der Waals surface area contributed by atoms with Crippen molar-refractivity contribution in [3.05, 3.63) is 0 Å². The Bertz CT molecular complexity index is 565. The molecule has 4 aliphatic carbocycles. The van der Waals surface area contributed by atoms with E-state index in [0.717, 1.165) is 54.8 Å². The normalized spacial score (nSPS) is 49.8. The zero-order chi connectivity index (χ0) is 20.3. The van der Waals surface area contributed by atoms with Gasteiger partial charge in [-0.25, -0.2) is 0 Å². The van der Waals surface area contributed by atoms with Crippen molar-refractivity contribution >= 4 is 0 Å². The van der Waals surface area contributed by atoms with Crippen LogP contribution >= 0.6 is 0 Å². The summed E-state index contributed by atoms with van der Waals surface area (Å²) in [5.74, 6) is 5.11. The fourth-order valence-electron chi connectivity index (χ4n) is 8.99. The molecule has 2 N–H and O–H groups in total. The van der Waals surface area contributed by atoms with Crippen molar-refractivity contribution in [2.24, 2.45) is 46.3 Å². The Labute approximate surface area is 173 Å². The van der Waals surface area contributed by atoms with Gasteiger partial charge < -0.3 is 10.2 Å². The second kappa shape index (κ2) is 7.26. The van der Waals surface area contributed by atoms with Crippen LogP contribution in [0.1, 0.15) is 105 Å². The van der Waals surface area contributed by atoms with E-state index in [0.29, 0.717) is 10.8 Å². The number of hydrogen-bond donors (Lipinski definition) is 2. The van der Waals surface area contributed by atoms with E-state index >= 15 is 0 Å². The summed E-state index contributed by atoms with van der Waals surface area (Å²) in [5.41, 5.74) is 0.495. The van der Waals surface area contributed by atoms with Gasteiger partial charge in [0, 0.05) is 0 Å². The van der Waals surface area contributed by atoms with Gasteiger partial charge in [0.25, 0.3) is 0 Å². The largest absolute Gasteiger partial charge is 0.393 e. The summed E-state index contributed by atoms with van der Waals surface area (Å²) in [6, 6.07) is 0. The number of aliphatic hydroxyl groups excluding tert-OH is 1. The van der Waals surface area contributed by atoms with Crippen molar-refractivity contribution in [1.29, 1.82) is 0 Å². The SMILES string of the molecule is C[C@H](CCC(C)(C)O)[C@H]1CCC2C3CC[C@H]4CC(O)CC[C@]4(C)C3CC[C@@]21C. The van der Waals surface area contributed by atoms with Gasteiger partial charge in [-0.05, 0) is 131 Å². The van der Waals surface area contributed by atoms with Crippen LogP contribution in [0, 0.1) is 46.3 Å². The van der Waals surface area contributed by atoms with Gasteiger partial charge in [0.1, 0.15) is 0 Å². The molecule has 0 aromatic carbocycles. The summed E-state index contributed by atoms with van der Waals surface area (Å²) in [5, 5.41) is 20.4. The van der Waals surface area contributed by atoms with Gasteiger partial charge in [-0.1, -0.05) is 20.8 Å². The molecule has 162 valence electrons. The van der Waals surface area contributed by atoms with Crippen molar-refractivity contribution in [2.45, 2.75) is 117 Å². The van der Waals surface area contributed by atoms with E-state index in [2.05, 4.69) is 20.8 Å². The third-order valence-electron chi connectivity index (χ3n) is 10.6. The molecule has 0 aliphatic heterocycles. The first-order valence-corrected chi connectivity index (χ1v) is 12.4. The van der Waals surface area contributed by atoms with E-state index in [1.165, 1.54) is 51.4 Å². The summed E-state index contributed by atoms with van der Waals surface area (Å²) in [4.78, 5) is 0. The predicted molar refractivity (Wildman–Crippen MR) is 116 cm³/mol. The molecule has 4 saturated carbocycles. The van der Waals surface area contributed by atoms with E-state index in [1.807, 2.05) is 13.8 Å². The smallest absolute Gasteiger partial charge is 0.0591 e. The molecule has 0 aromatic heterocycles. The fraction of sp³-hybridized carbons (Fsp3) is 1.00. The maximum Gasteiger partial charge on any atom is 0.0591 e. The molecule has 4 aliphatic rings. The zero-order valence-electron chi connectivity index (χ0n) is 19.2. The lowest BCUT2D eigenvalue weighted by molar-refractivity contribution is -0.129. The Morgan fingerprint density at radius 1 is 0.929 bits per heavy atom. The molecule has 4 unspecified atom stereocenters. The highest BCUT2D eigenvalue weighted by molar-refractivity contribution is 5.09. The highest BCUT2D eigenvalue weighted by Gasteiger charge is 2.60. The molecule has 0 radical (unpaired) electrons. The molecule has 0 aromatic rings. The molecule has 0 bridgehead atoms. The van der Waals surface area contributed by atoms with Crippen LogP contribution in [-0.4, -0.2) is 21.9 Å². The summed E-state index contributed by atoms with van der Waals surface area (Å²) < 4.78 is 0. The molecule has 4 fully saturated rings. The van der Waals surface area contributed by atoms with Gasteiger partial charge in [-0.15, -0.1) is 0 Å². The maximum atomic E-state index is 10.2. The molecule has 28 heavy (non-hydrogen) atoms. The third kappa shape index (κ3) is 3.49. The first-order chi connectivity index (χ1) is 13.0. The molecule has 4 rings (SSSR count). The lowest BCUT2D eigenvalue weighted by atomic mass is 9.44. The topological polar surface area (TPSA) is 40.5 Å². The fourth-order valence-corrected chi connectivity index (χ4v) is 8.99. The van der Waals surface area contributed by atoms with Crippen molar-refractivity contribution in [3.8, 4) is 0 Å². The first kappa shape index (κ1) is 21.2. The van der Waals surface area contributed by atoms with E-state index in [4.69, 9.17) is 0 Å². The number of rotatable bonds is 4. The quantitative estimate of drug-likeness (QED) is 0.600. The summed E-state index contributed by atoms with van der Waals surface area (Å²) in [6.45, 7) is 11.6. The van der Waals surface area contributed by atoms with E-state index < -0.39 is 5.60 Å². The average molecular weight is 391 g/mol. The second-order valence-corrected chi connectivity index (χ2v) is 12.6. The monoisotopic (exact) mass is 390 g/mol. The van der Waals surface area contributed by atoms with Crippen LogP contribution in [0.5, 0.6) is 0 Å². The van der Waals surface area contributed by atoms with Gasteiger partial charge in [-0.2, -0.15) is 0 Å². The average Bonchev–Trinajstić information content (AvgIpc) is 2.97. The van der Waals surface area contributed by atoms with Gasteiger partial charge >= 0.3 is 0 Å². The van der Waals surface area contributed by atoms with Crippen molar-refractivity contribution in [2.75, 3.05) is 0 Å². The van der Waals surface area contributed by atoms with Gasteiger partial charge in [0.2, 0.25) is 0 Å². The third-order valence-corrected chi connectivity index (χ3v) is 10.6. The highest BCUT2D eigenvalue weighted by Crippen LogP contribution is 2.68. The van der Waals surface area contributed by atoms with Crippen molar-refractivity contribution in [3.63, 3.8) is 0 Å². The molecule has 2 nitrogen and oxygen atoms in total. The lowest BCUT2D eigenvalue weighted by Crippen LogP contribution is -2.54. The van der Waals surface area contributed by atoms with Crippen LogP contribution in [0.15, 0.2) is 0 Å². The van der Waals surface area contributed by atoms with Crippen LogP contribution in [0.3, 0.4) is 0 Å². The van der Waals surface area contributed by atoms with Crippen LogP contribution < -0.4 is 0 Å². The first-order valence-electron chi connectivity index (χ1n) is 12.4. The standard InChI is InChI=1S/C26H46O2/c1-17(10-13-24(2,3)28)21-8-9-22-20-7-6-18-16-19(27)11-14-25(18,4)23(20)12-15-26(21,22)5/h17-23,27-28H,6-16H2,1-5H3/t17-,18+,19?,20?,21-,22?,23?,25+,26-/m1/s1. The molecule has 9 atom stereocenters. The molecule has 2 heteroatoms. The van der Waals surface area contributed by atoms with E-state index in [9.17, 15) is 10.2 Å².